The van der Waals surface area contributed by atoms with E-state index in [1.807, 2.05) is 12.1 Å². The van der Waals surface area contributed by atoms with Crippen molar-refractivity contribution >= 4 is 15.9 Å². The molecule has 2 heterocycles. The third kappa shape index (κ3) is 2.50. The van der Waals surface area contributed by atoms with Crippen molar-refractivity contribution in [2.24, 2.45) is 0 Å². The molecule has 0 fully saturated rings. The van der Waals surface area contributed by atoms with E-state index in [2.05, 4.69) is 56.7 Å². The SMILES string of the molecule is COc1ccc(Br)cc1CN1CCn2cccc2C1C. The van der Waals surface area contributed by atoms with Crippen LogP contribution in [0.15, 0.2) is 41.0 Å². The Balaban J connectivity index is 1.84. The molecule has 0 spiro atoms. The molecule has 0 aliphatic carbocycles. The molecule has 106 valence electrons. The Morgan fingerprint density at radius 2 is 2.15 bits per heavy atom. The van der Waals surface area contributed by atoms with Crippen LogP contribution in [-0.4, -0.2) is 23.1 Å². The molecule has 0 saturated heterocycles. The highest BCUT2D eigenvalue weighted by atomic mass is 79.9. The molecule has 1 aliphatic heterocycles. The second-order valence-corrected chi connectivity index (χ2v) is 6.14. The average molecular weight is 335 g/mol. The molecule has 1 aromatic heterocycles. The van der Waals surface area contributed by atoms with Crippen LogP contribution < -0.4 is 4.74 Å². The highest BCUT2D eigenvalue weighted by Gasteiger charge is 2.24. The van der Waals surface area contributed by atoms with Gasteiger partial charge < -0.3 is 9.30 Å². The van der Waals surface area contributed by atoms with Gasteiger partial charge in [0.1, 0.15) is 5.75 Å². The summed E-state index contributed by atoms with van der Waals surface area (Å²) in [6.07, 6.45) is 2.17. The molecule has 0 radical (unpaired) electrons. The van der Waals surface area contributed by atoms with Gasteiger partial charge in [-0.3, -0.25) is 4.90 Å². The average Bonchev–Trinajstić information content (AvgIpc) is 2.91. The van der Waals surface area contributed by atoms with E-state index in [0.717, 1.165) is 29.9 Å². The fourth-order valence-electron chi connectivity index (χ4n) is 2.93. The monoisotopic (exact) mass is 334 g/mol. The van der Waals surface area contributed by atoms with Crippen LogP contribution >= 0.6 is 15.9 Å². The van der Waals surface area contributed by atoms with Gasteiger partial charge in [-0.25, -0.2) is 0 Å². The Kier molecular flexibility index (Phi) is 3.85. The maximum atomic E-state index is 5.48. The molecular formula is C16H19BrN2O. The first kappa shape index (κ1) is 13.7. The molecule has 1 aromatic carbocycles. The van der Waals surface area contributed by atoms with Crippen molar-refractivity contribution < 1.29 is 4.74 Å². The number of ether oxygens (including phenoxy) is 1. The topological polar surface area (TPSA) is 17.4 Å². The van der Waals surface area contributed by atoms with Crippen molar-refractivity contribution in [3.63, 3.8) is 0 Å². The Bertz CT molecular complexity index is 608. The first-order valence-electron chi connectivity index (χ1n) is 6.90. The molecule has 0 bridgehead atoms. The summed E-state index contributed by atoms with van der Waals surface area (Å²) in [4.78, 5) is 2.50. The number of aromatic nitrogens is 1. The first-order valence-corrected chi connectivity index (χ1v) is 7.70. The van der Waals surface area contributed by atoms with Crippen molar-refractivity contribution in [1.82, 2.24) is 9.47 Å². The smallest absolute Gasteiger partial charge is 0.123 e. The lowest BCUT2D eigenvalue weighted by atomic mass is 10.1. The predicted octanol–water partition coefficient (Wildman–Crippen LogP) is 3.84. The van der Waals surface area contributed by atoms with Gasteiger partial charge in [0, 0.05) is 47.6 Å². The molecular weight excluding hydrogens is 316 g/mol. The standard InChI is InChI=1S/C16H19BrN2O/c1-12-15-4-3-7-18(15)8-9-19(12)11-13-10-14(17)5-6-16(13)20-2/h3-7,10,12H,8-9,11H2,1-2H3. The summed E-state index contributed by atoms with van der Waals surface area (Å²) in [5, 5.41) is 0. The quantitative estimate of drug-likeness (QED) is 0.848. The van der Waals surface area contributed by atoms with Gasteiger partial charge in [-0.1, -0.05) is 15.9 Å². The van der Waals surface area contributed by atoms with Crippen LogP contribution in [0.1, 0.15) is 24.2 Å². The lowest BCUT2D eigenvalue weighted by Gasteiger charge is -2.35. The van der Waals surface area contributed by atoms with E-state index in [-0.39, 0.29) is 0 Å². The Hall–Kier alpha value is -1.26. The van der Waals surface area contributed by atoms with Crippen LogP contribution in [0.2, 0.25) is 0 Å². The molecule has 0 amide bonds. The lowest BCUT2D eigenvalue weighted by Crippen LogP contribution is -2.35. The molecule has 1 atom stereocenters. The zero-order valence-corrected chi connectivity index (χ0v) is 13.4. The second-order valence-electron chi connectivity index (χ2n) is 5.23. The van der Waals surface area contributed by atoms with Crippen molar-refractivity contribution in [1.29, 1.82) is 0 Å². The van der Waals surface area contributed by atoms with Crippen molar-refractivity contribution in [3.05, 3.63) is 52.3 Å². The van der Waals surface area contributed by atoms with Crippen LogP contribution in [-0.2, 0) is 13.1 Å². The number of rotatable bonds is 3. The first-order chi connectivity index (χ1) is 9.69. The van der Waals surface area contributed by atoms with Gasteiger partial charge in [-0.05, 0) is 37.3 Å². The molecule has 20 heavy (non-hydrogen) atoms. The van der Waals surface area contributed by atoms with Crippen LogP contribution in [0.25, 0.3) is 0 Å². The maximum absolute atomic E-state index is 5.48. The number of fused-ring (bicyclic) bond motifs is 1. The number of benzene rings is 1. The number of nitrogens with zero attached hydrogens (tertiary/aromatic N) is 2. The summed E-state index contributed by atoms with van der Waals surface area (Å²) in [7, 11) is 1.73. The van der Waals surface area contributed by atoms with Gasteiger partial charge in [-0.2, -0.15) is 0 Å². The Morgan fingerprint density at radius 3 is 2.95 bits per heavy atom. The van der Waals surface area contributed by atoms with E-state index in [1.54, 1.807) is 7.11 Å². The van der Waals surface area contributed by atoms with Gasteiger partial charge in [0.25, 0.3) is 0 Å². The fourth-order valence-corrected chi connectivity index (χ4v) is 3.34. The highest BCUT2D eigenvalue weighted by Crippen LogP contribution is 2.30. The van der Waals surface area contributed by atoms with E-state index in [9.17, 15) is 0 Å². The fraction of sp³-hybridized carbons (Fsp3) is 0.375. The van der Waals surface area contributed by atoms with Crippen LogP contribution in [0.4, 0.5) is 0 Å². The Morgan fingerprint density at radius 1 is 1.30 bits per heavy atom. The minimum atomic E-state index is 0.433. The third-order valence-corrected chi connectivity index (χ3v) is 4.58. The van der Waals surface area contributed by atoms with Crippen molar-refractivity contribution in [3.8, 4) is 5.75 Å². The minimum Gasteiger partial charge on any atom is -0.496 e. The lowest BCUT2D eigenvalue weighted by molar-refractivity contribution is 0.159. The molecule has 4 heteroatoms. The number of hydrogen-bond donors (Lipinski definition) is 0. The van der Waals surface area contributed by atoms with Crippen LogP contribution in [0.5, 0.6) is 5.75 Å². The summed E-state index contributed by atoms with van der Waals surface area (Å²) >= 11 is 3.55. The van der Waals surface area contributed by atoms with Crippen LogP contribution in [0.3, 0.4) is 0 Å². The zero-order valence-electron chi connectivity index (χ0n) is 11.8. The van der Waals surface area contributed by atoms with E-state index in [0.29, 0.717) is 6.04 Å². The van der Waals surface area contributed by atoms with Crippen molar-refractivity contribution in [2.45, 2.75) is 26.1 Å². The zero-order chi connectivity index (χ0) is 14.1. The molecule has 0 N–H and O–H groups in total. The summed E-state index contributed by atoms with van der Waals surface area (Å²) in [6.45, 7) is 5.31. The maximum Gasteiger partial charge on any atom is 0.123 e. The van der Waals surface area contributed by atoms with Crippen molar-refractivity contribution in [2.75, 3.05) is 13.7 Å². The van der Waals surface area contributed by atoms with Gasteiger partial charge in [0.2, 0.25) is 0 Å². The molecule has 0 saturated carbocycles. The van der Waals surface area contributed by atoms with Gasteiger partial charge >= 0.3 is 0 Å². The molecule has 1 unspecified atom stereocenters. The third-order valence-electron chi connectivity index (χ3n) is 4.08. The largest absolute Gasteiger partial charge is 0.496 e. The number of halogens is 1. The van der Waals surface area contributed by atoms with Gasteiger partial charge in [0.05, 0.1) is 7.11 Å². The second kappa shape index (κ2) is 5.62. The van der Waals surface area contributed by atoms with Gasteiger partial charge in [0.15, 0.2) is 0 Å². The number of methoxy groups -OCH3 is 1. The van der Waals surface area contributed by atoms with Gasteiger partial charge in [-0.15, -0.1) is 0 Å². The van der Waals surface area contributed by atoms with E-state index in [1.165, 1.54) is 11.3 Å². The Labute approximate surface area is 128 Å². The summed E-state index contributed by atoms with van der Waals surface area (Å²) in [5.74, 6) is 0.960. The molecule has 3 rings (SSSR count). The summed E-state index contributed by atoms with van der Waals surface area (Å²) < 4.78 is 8.92. The van der Waals surface area contributed by atoms with E-state index < -0.39 is 0 Å². The summed E-state index contributed by atoms with van der Waals surface area (Å²) in [5.41, 5.74) is 2.62. The molecule has 1 aliphatic rings. The molecule has 2 aromatic rings. The highest BCUT2D eigenvalue weighted by molar-refractivity contribution is 9.10. The minimum absolute atomic E-state index is 0.433. The summed E-state index contributed by atoms with van der Waals surface area (Å²) in [6, 6.07) is 11.0. The predicted molar refractivity (Wildman–Crippen MR) is 84.0 cm³/mol. The number of hydrogen-bond acceptors (Lipinski definition) is 2. The normalized spacial score (nSPS) is 18.9. The van der Waals surface area contributed by atoms with E-state index in [4.69, 9.17) is 4.74 Å². The molecule has 3 nitrogen and oxygen atoms in total. The van der Waals surface area contributed by atoms with E-state index >= 15 is 0 Å². The van der Waals surface area contributed by atoms with Crippen LogP contribution in [0, 0.1) is 0 Å².